The summed E-state index contributed by atoms with van der Waals surface area (Å²) in [5.41, 5.74) is 8.64. The minimum atomic E-state index is -0.504. The van der Waals surface area contributed by atoms with E-state index in [-0.39, 0.29) is 0 Å². The Labute approximate surface area is 160 Å². The predicted molar refractivity (Wildman–Crippen MR) is 104 cm³/mol. The van der Waals surface area contributed by atoms with Gasteiger partial charge in [-0.05, 0) is 24.6 Å². The van der Waals surface area contributed by atoms with Gasteiger partial charge in [0.05, 0.1) is 11.3 Å². The van der Waals surface area contributed by atoms with Crippen LogP contribution in [0.2, 0.25) is 0 Å². The van der Waals surface area contributed by atoms with Crippen LogP contribution in [0.4, 0.5) is 5.95 Å². The van der Waals surface area contributed by atoms with Gasteiger partial charge in [0.25, 0.3) is 0 Å². The first-order valence-corrected chi connectivity index (χ1v) is 9.44. The zero-order chi connectivity index (χ0) is 18.8. The SMILES string of the molecule is CC1=C(C(N)=O)[C@@H](c2ccccn2)n2nc(SCc3ccccc3)nc2N1. The van der Waals surface area contributed by atoms with E-state index in [2.05, 4.69) is 32.5 Å². The molecule has 3 aromatic rings. The molecule has 136 valence electrons. The van der Waals surface area contributed by atoms with Crippen molar-refractivity contribution in [1.82, 2.24) is 19.7 Å². The molecule has 0 aliphatic carbocycles. The van der Waals surface area contributed by atoms with Crippen molar-refractivity contribution in [2.45, 2.75) is 23.9 Å². The van der Waals surface area contributed by atoms with Crippen LogP contribution in [0.15, 0.2) is 71.2 Å². The number of rotatable bonds is 5. The number of nitrogens with two attached hydrogens (primary N) is 1. The first-order valence-electron chi connectivity index (χ1n) is 8.45. The van der Waals surface area contributed by atoms with E-state index in [1.165, 1.54) is 17.3 Å². The first-order chi connectivity index (χ1) is 13.1. The average Bonchev–Trinajstić information content (AvgIpc) is 3.09. The number of hydrogen-bond acceptors (Lipinski definition) is 6. The molecule has 0 saturated carbocycles. The Morgan fingerprint density at radius 2 is 2.00 bits per heavy atom. The van der Waals surface area contributed by atoms with Crippen molar-refractivity contribution in [1.29, 1.82) is 0 Å². The van der Waals surface area contributed by atoms with Gasteiger partial charge in [-0.3, -0.25) is 9.78 Å². The van der Waals surface area contributed by atoms with Crippen molar-refractivity contribution in [2.24, 2.45) is 5.73 Å². The van der Waals surface area contributed by atoms with Gasteiger partial charge >= 0.3 is 0 Å². The molecule has 1 amide bonds. The lowest BCUT2D eigenvalue weighted by Gasteiger charge is -2.26. The van der Waals surface area contributed by atoms with Crippen LogP contribution in [0.5, 0.6) is 0 Å². The zero-order valence-electron chi connectivity index (χ0n) is 14.7. The van der Waals surface area contributed by atoms with E-state index in [9.17, 15) is 4.79 Å². The molecule has 0 radical (unpaired) electrons. The summed E-state index contributed by atoms with van der Waals surface area (Å²) in [6, 6.07) is 15.2. The number of fused-ring (bicyclic) bond motifs is 1. The summed E-state index contributed by atoms with van der Waals surface area (Å²) in [6.45, 7) is 1.81. The number of carbonyl (C=O) groups excluding carboxylic acids is 1. The summed E-state index contributed by atoms with van der Waals surface area (Å²) in [5.74, 6) is 0.826. The molecule has 4 rings (SSSR count). The van der Waals surface area contributed by atoms with E-state index in [0.29, 0.717) is 28.1 Å². The number of allylic oxidation sites excluding steroid dienone is 1. The van der Waals surface area contributed by atoms with E-state index in [4.69, 9.17) is 5.73 Å². The predicted octanol–water partition coefficient (Wildman–Crippen LogP) is 2.74. The number of carbonyl (C=O) groups is 1. The van der Waals surface area contributed by atoms with E-state index >= 15 is 0 Å². The molecule has 1 atom stereocenters. The molecule has 0 bridgehead atoms. The molecule has 0 fully saturated rings. The minimum Gasteiger partial charge on any atom is -0.366 e. The van der Waals surface area contributed by atoms with Gasteiger partial charge in [0.1, 0.15) is 6.04 Å². The third-order valence-electron chi connectivity index (χ3n) is 4.28. The number of benzene rings is 1. The lowest BCUT2D eigenvalue weighted by molar-refractivity contribution is -0.115. The fourth-order valence-corrected chi connectivity index (χ4v) is 3.83. The van der Waals surface area contributed by atoms with Crippen LogP contribution in [-0.4, -0.2) is 25.7 Å². The topological polar surface area (TPSA) is 98.7 Å². The van der Waals surface area contributed by atoms with Crippen molar-refractivity contribution < 1.29 is 4.79 Å². The van der Waals surface area contributed by atoms with Gasteiger partial charge in [-0.15, -0.1) is 5.10 Å². The van der Waals surface area contributed by atoms with Gasteiger partial charge in [0.2, 0.25) is 17.0 Å². The molecule has 1 aromatic carbocycles. The molecule has 7 nitrogen and oxygen atoms in total. The van der Waals surface area contributed by atoms with Gasteiger partial charge < -0.3 is 11.1 Å². The Kier molecular flexibility index (Phi) is 4.64. The Balaban J connectivity index is 1.69. The summed E-state index contributed by atoms with van der Waals surface area (Å²) in [7, 11) is 0. The summed E-state index contributed by atoms with van der Waals surface area (Å²) < 4.78 is 1.68. The van der Waals surface area contributed by atoms with Crippen LogP contribution in [0.25, 0.3) is 0 Å². The maximum Gasteiger partial charge on any atom is 0.248 e. The Bertz CT molecular complexity index is 1000. The molecule has 2 aromatic heterocycles. The second-order valence-corrected chi connectivity index (χ2v) is 7.06. The van der Waals surface area contributed by atoms with Gasteiger partial charge in [-0.2, -0.15) is 4.98 Å². The van der Waals surface area contributed by atoms with Crippen molar-refractivity contribution >= 4 is 23.6 Å². The van der Waals surface area contributed by atoms with Crippen molar-refractivity contribution in [3.8, 4) is 0 Å². The van der Waals surface area contributed by atoms with Crippen LogP contribution in [0, 0.1) is 0 Å². The average molecular weight is 378 g/mol. The fraction of sp³-hybridized carbons (Fsp3) is 0.158. The number of pyridine rings is 1. The normalized spacial score (nSPS) is 16.0. The van der Waals surface area contributed by atoms with E-state index in [0.717, 1.165) is 5.75 Å². The van der Waals surface area contributed by atoms with Gasteiger partial charge in [-0.25, -0.2) is 4.68 Å². The van der Waals surface area contributed by atoms with Crippen molar-refractivity contribution in [3.63, 3.8) is 0 Å². The number of hydrogen-bond donors (Lipinski definition) is 2. The summed E-state index contributed by atoms with van der Waals surface area (Å²) in [4.78, 5) is 21.1. The lowest BCUT2D eigenvalue weighted by Crippen LogP contribution is -2.32. The fourth-order valence-electron chi connectivity index (χ4n) is 3.05. The monoisotopic (exact) mass is 378 g/mol. The molecule has 0 spiro atoms. The van der Waals surface area contributed by atoms with Gasteiger partial charge in [0.15, 0.2) is 0 Å². The highest BCUT2D eigenvalue weighted by molar-refractivity contribution is 7.98. The number of thioether (sulfide) groups is 1. The molecule has 1 aliphatic rings. The second kappa shape index (κ2) is 7.24. The molecule has 3 heterocycles. The van der Waals surface area contributed by atoms with Gasteiger partial charge in [0, 0.05) is 17.6 Å². The van der Waals surface area contributed by atoms with E-state index in [1.807, 2.05) is 43.3 Å². The molecule has 1 aliphatic heterocycles. The standard InChI is InChI=1S/C19H18N6OS/c1-12-15(17(20)26)16(14-9-5-6-10-21-14)25-18(22-12)23-19(24-25)27-11-13-7-3-2-4-8-13/h2-10,16H,11H2,1H3,(H2,20,26)(H,22,23,24)/t16-/m1/s1. The summed E-state index contributed by atoms with van der Waals surface area (Å²) >= 11 is 1.54. The molecule has 3 N–H and O–H groups in total. The number of anilines is 1. The molecular formula is C19H18N6OS. The highest BCUT2D eigenvalue weighted by atomic mass is 32.2. The number of primary amides is 1. The van der Waals surface area contributed by atoms with Crippen molar-refractivity contribution in [2.75, 3.05) is 5.32 Å². The smallest absolute Gasteiger partial charge is 0.248 e. The lowest BCUT2D eigenvalue weighted by atomic mass is 9.99. The maximum atomic E-state index is 12.1. The number of nitrogens with one attached hydrogen (secondary N) is 1. The zero-order valence-corrected chi connectivity index (χ0v) is 15.5. The molecule has 0 saturated heterocycles. The van der Waals surface area contributed by atoms with Crippen LogP contribution in [0.3, 0.4) is 0 Å². The second-order valence-electron chi connectivity index (χ2n) is 6.12. The number of nitrogens with zero attached hydrogens (tertiary/aromatic N) is 4. The molecule has 8 heteroatoms. The maximum absolute atomic E-state index is 12.1. The van der Waals surface area contributed by atoms with Crippen LogP contribution >= 0.6 is 11.8 Å². The highest BCUT2D eigenvalue weighted by Crippen LogP contribution is 2.35. The quantitative estimate of drug-likeness (QED) is 0.663. The Hall–Kier alpha value is -3.13. The van der Waals surface area contributed by atoms with Crippen LogP contribution in [-0.2, 0) is 10.5 Å². The molecule has 27 heavy (non-hydrogen) atoms. The number of amides is 1. The first kappa shape index (κ1) is 17.3. The highest BCUT2D eigenvalue weighted by Gasteiger charge is 2.34. The van der Waals surface area contributed by atoms with Gasteiger partial charge in [-0.1, -0.05) is 48.2 Å². The van der Waals surface area contributed by atoms with Crippen LogP contribution < -0.4 is 11.1 Å². The molecular weight excluding hydrogens is 360 g/mol. The van der Waals surface area contributed by atoms with Crippen molar-refractivity contribution in [3.05, 3.63) is 77.3 Å². The Morgan fingerprint density at radius 3 is 2.70 bits per heavy atom. The minimum absolute atomic E-state index is 0.436. The largest absolute Gasteiger partial charge is 0.366 e. The van der Waals surface area contributed by atoms with E-state index in [1.54, 1.807) is 10.9 Å². The van der Waals surface area contributed by atoms with E-state index < -0.39 is 11.9 Å². The summed E-state index contributed by atoms with van der Waals surface area (Å²) in [5, 5.41) is 8.38. The third kappa shape index (κ3) is 3.43. The number of aromatic nitrogens is 4. The Morgan fingerprint density at radius 1 is 1.22 bits per heavy atom. The summed E-state index contributed by atoms with van der Waals surface area (Å²) in [6.07, 6.45) is 1.69. The third-order valence-corrected chi connectivity index (χ3v) is 5.19. The molecule has 0 unspecified atom stereocenters. The van der Waals surface area contributed by atoms with Crippen LogP contribution in [0.1, 0.15) is 24.2 Å².